The molecule has 1 aliphatic rings. The first-order chi connectivity index (χ1) is 37.5. The standard InChI is InChI=1S/C68H54N4O/c1-67(2,3)46-34-32-45(33-35-46)52-26-16-28-58-54-23-11-10-22-53(54)57-27-15-25-51(44-18-8-7-9-19-44)64(57)59-29-17-31-61-66(59)71(65(52)58)43-70(61)48-20-14-21-49(41-48)73-50-36-37-56-55-24-12-13-30-60(55)72(62(56)42-50)63-40-47(38-39-69-63)68(4,5)6/h7-42H,1-6H3/i7D,8D,9D,18D,19D. The van der Waals surface area contributed by atoms with Crippen molar-refractivity contribution in [3.05, 3.63) is 236 Å². The smallest absolute Gasteiger partial charge is 0.269 e. The van der Waals surface area contributed by atoms with E-state index in [1.807, 2.05) is 54.7 Å². The van der Waals surface area contributed by atoms with Crippen LogP contribution in [0.2, 0.25) is 0 Å². The summed E-state index contributed by atoms with van der Waals surface area (Å²) in [5.41, 5.74) is 15.7. The van der Waals surface area contributed by atoms with E-state index in [2.05, 4.69) is 195 Å². The summed E-state index contributed by atoms with van der Waals surface area (Å²) in [6.45, 7) is 13.3. The van der Waals surface area contributed by atoms with E-state index in [-0.39, 0.29) is 40.6 Å². The Bertz CT molecular complexity index is 4410. The van der Waals surface area contributed by atoms with Crippen LogP contribution in [-0.2, 0) is 10.8 Å². The zero-order valence-corrected chi connectivity index (χ0v) is 41.6. The zero-order chi connectivity index (χ0) is 53.9. The Labute approximate surface area is 433 Å². The SMILES string of the molecule is [2H]c1c([2H])c([2H])c(-c2cccc3c2-c2cccc4c2[n+]([c-]n4-c2cccc(Oc4ccc5c6ccccc6n(-c6cc(C(C)(C)C)ccn6)c5c4)c2)-c2c(-c4ccc(C(C)(C)C)cc4)cccc2-c2ccccc2-3)c([2H])c1[2H]. The number of para-hydroxylation sites is 3. The van der Waals surface area contributed by atoms with Gasteiger partial charge < -0.3 is 4.74 Å². The number of fused-ring (bicyclic) bond motifs is 10. The van der Waals surface area contributed by atoms with Gasteiger partial charge in [0.1, 0.15) is 17.3 Å². The molecule has 9 aromatic carbocycles. The van der Waals surface area contributed by atoms with Gasteiger partial charge in [-0.05, 0) is 126 Å². The van der Waals surface area contributed by atoms with Crippen LogP contribution in [0.3, 0.4) is 0 Å². The minimum Gasteiger partial charge on any atom is -0.458 e. The summed E-state index contributed by atoms with van der Waals surface area (Å²) in [6, 6.07) is 61.0. The molecular formula is C68H54N4O. The highest BCUT2D eigenvalue weighted by molar-refractivity contribution is 6.10. The number of nitrogens with zero attached hydrogens (tertiary/aromatic N) is 4. The van der Waals surface area contributed by atoms with Crippen molar-refractivity contribution in [1.29, 1.82) is 0 Å². The molecule has 3 aromatic heterocycles. The maximum Gasteiger partial charge on any atom is 0.269 e. The van der Waals surface area contributed by atoms with Crippen molar-refractivity contribution in [1.82, 2.24) is 14.1 Å². The molecule has 0 saturated heterocycles. The van der Waals surface area contributed by atoms with E-state index < -0.39 is 6.04 Å². The Morgan fingerprint density at radius 1 is 0.493 bits per heavy atom. The van der Waals surface area contributed by atoms with E-state index in [4.69, 9.17) is 13.8 Å². The third-order valence-corrected chi connectivity index (χ3v) is 14.4. The van der Waals surface area contributed by atoms with Crippen LogP contribution in [0.1, 0.15) is 59.5 Å². The number of hydrogen-bond acceptors (Lipinski definition) is 2. The second-order valence-corrected chi connectivity index (χ2v) is 21.0. The molecule has 352 valence electrons. The van der Waals surface area contributed by atoms with Crippen molar-refractivity contribution >= 4 is 32.8 Å². The maximum atomic E-state index is 9.31. The van der Waals surface area contributed by atoms with Gasteiger partial charge >= 0.3 is 0 Å². The Morgan fingerprint density at radius 3 is 1.92 bits per heavy atom. The molecule has 12 aromatic rings. The summed E-state index contributed by atoms with van der Waals surface area (Å²) < 4.78 is 58.1. The van der Waals surface area contributed by atoms with Crippen molar-refractivity contribution in [2.75, 3.05) is 0 Å². The van der Waals surface area contributed by atoms with E-state index in [0.717, 1.165) is 94.5 Å². The van der Waals surface area contributed by atoms with E-state index in [9.17, 15) is 2.74 Å². The van der Waals surface area contributed by atoms with Crippen molar-refractivity contribution in [2.24, 2.45) is 0 Å². The topological polar surface area (TPSA) is 35.9 Å². The number of benzene rings is 9. The quantitative estimate of drug-likeness (QED) is 0.123. The number of aromatic nitrogens is 4. The average Bonchev–Trinajstić information content (AvgIpc) is 4.23. The first kappa shape index (κ1) is 38.9. The molecule has 0 atom stereocenters. The van der Waals surface area contributed by atoms with E-state index in [0.29, 0.717) is 17.1 Å². The molecule has 13 rings (SSSR count). The van der Waals surface area contributed by atoms with Gasteiger partial charge in [-0.2, -0.15) is 0 Å². The van der Waals surface area contributed by atoms with Crippen LogP contribution in [-0.4, -0.2) is 14.1 Å². The van der Waals surface area contributed by atoms with E-state index >= 15 is 0 Å². The molecule has 4 heterocycles. The summed E-state index contributed by atoms with van der Waals surface area (Å²) in [5.74, 6) is 2.14. The minimum absolute atomic E-state index is 0.0450. The molecular weight excluding hydrogens is 889 g/mol. The molecule has 5 nitrogen and oxygen atoms in total. The third kappa shape index (κ3) is 7.45. The average molecular weight is 948 g/mol. The van der Waals surface area contributed by atoms with Crippen LogP contribution in [0.25, 0.3) is 106 Å². The summed E-state index contributed by atoms with van der Waals surface area (Å²) in [5, 5.41) is 2.23. The van der Waals surface area contributed by atoms with Crippen LogP contribution >= 0.6 is 0 Å². The maximum absolute atomic E-state index is 9.31. The monoisotopic (exact) mass is 947 g/mol. The molecule has 5 heteroatoms. The highest BCUT2D eigenvalue weighted by Gasteiger charge is 2.28. The Hall–Kier alpha value is -8.80. The fourth-order valence-electron chi connectivity index (χ4n) is 10.8. The van der Waals surface area contributed by atoms with Crippen LogP contribution in [0.5, 0.6) is 11.5 Å². The lowest BCUT2D eigenvalue weighted by atomic mass is 9.84. The Balaban J connectivity index is 1.04. The number of pyridine rings is 1. The molecule has 0 fully saturated rings. The van der Waals surface area contributed by atoms with Crippen LogP contribution in [0.15, 0.2) is 218 Å². The Morgan fingerprint density at radius 2 is 1.12 bits per heavy atom. The van der Waals surface area contributed by atoms with Crippen molar-refractivity contribution in [2.45, 2.75) is 52.4 Å². The van der Waals surface area contributed by atoms with E-state index in [1.165, 1.54) is 11.1 Å². The lowest BCUT2D eigenvalue weighted by Crippen LogP contribution is -2.32. The second kappa shape index (κ2) is 16.9. The van der Waals surface area contributed by atoms with Gasteiger partial charge in [-0.3, -0.25) is 13.7 Å². The predicted octanol–water partition coefficient (Wildman–Crippen LogP) is 17.2. The number of hydrogen-bond donors (Lipinski definition) is 0. The molecule has 73 heavy (non-hydrogen) atoms. The highest BCUT2D eigenvalue weighted by Crippen LogP contribution is 2.48. The van der Waals surface area contributed by atoms with Gasteiger partial charge in [0.15, 0.2) is 0 Å². The van der Waals surface area contributed by atoms with Crippen molar-refractivity contribution in [3.63, 3.8) is 0 Å². The number of rotatable bonds is 6. The largest absolute Gasteiger partial charge is 0.458 e. The molecule has 0 amide bonds. The normalized spacial score (nSPS) is 13.2. The van der Waals surface area contributed by atoms with Gasteiger partial charge in [0, 0.05) is 23.0 Å². The second-order valence-electron chi connectivity index (χ2n) is 21.0. The molecule has 0 bridgehead atoms. The third-order valence-electron chi connectivity index (χ3n) is 14.4. The van der Waals surface area contributed by atoms with E-state index in [1.54, 1.807) is 0 Å². The summed E-state index contributed by atoms with van der Waals surface area (Å²) in [4.78, 5) is 4.90. The van der Waals surface area contributed by atoms with Crippen LogP contribution in [0, 0.1) is 6.33 Å². The zero-order valence-electron chi connectivity index (χ0n) is 46.6. The summed E-state index contributed by atoms with van der Waals surface area (Å²) in [7, 11) is 0. The number of ether oxygens (including phenoxy) is 1. The first-order valence-electron chi connectivity index (χ1n) is 27.4. The summed E-state index contributed by atoms with van der Waals surface area (Å²) in [6.07, 6.45) is 5.79. The lowest BCUT2D eigenvalue weighted by molar-refractivity contribution is -0.570. The van der Waals surface area contributed by atoms with Crippen LogP contribution < -0.4 is 9.30 Å². The molecule has 0 unspecified atom stereocenters. The van der Waals surface area contributed by atoms with Crippen molar-refractivity contribution < 1.29 is 16.2 Å². The molecule has 0 N–H and O–H groups in total. The van der Waals surface area contributed by atoms with Gasteiger partial charge in [0.25, 0.3) is 6.33 Å². The predicted molar refractivity (Wildman–Crippen MR) is 300 cm³/mol. The summed E-state index contributed by atoms with van der Waals surface area (Å²) >= 11 is 0. The fourth-order valence-corrected chi connectivity index (χ4v) is 10.8. The molecule has 0 spiro atoms. The lowest BCUT2D eigenvalue weighted by Gasteiger charge is -2.21. The van der Waals surface area contributed by atoms with Gasteiger partial charge in [-0.1, -0.05) is 199 Å². The number of imidazole rings is 1. The van der Waals surface area contributed by atoms with Crippen molar-refractivity contribution in [3.8, 4) is 84.3 Å². The fraction of sp³-hybridized carbons (Fsp3) is 0.118. The van der Waals surface area contributed by atoms with Gasteiger partial charge in [-0.25, -0.2) is 4.98 Å². The molecule has 1 aliphatic heterocycles. The van der Waals surface area contributed by atoms with Gasteiger partial charge in [-0.15, -0.1) is 0 Å². The van der Waals surface area contributed by atoms with Gasteiger partial charge in [0.05, 0.1) is 40.3 Å². The molecule has 0 aliphatic carbocycles. The van der Waals surface area contributed by atoms with Crippen LogP contribution in [0.4, 0.5) is 0 Å². The minimum atomic E-state index is -0.436. The molecule has 0 saturated carbocycles. The molecule has 0 radical (unpaired) electrons. The Kier molecular flexibility index (Phi) is 9.02. The highest BCUT2D eigenvalue weighted by atomic mass is 16.5. The van der Waals surface area contributed by atoms with Gasteiger partial charge in [0.2, 0.25) is 0 Å². The first-order valence-corrected chi connectivity index (χ1v) is 24.9.